The van der Waals surface area contributed by atoms with E-state index in [1.807, 2.05) is 17.9 Å². The van der Waals surface area contributed by atoms with Crippen LogP contribution >= 0.6 is 0 Å². The Kier molecular flexibility index (Phi) is 3.66. The van der Waals surface area contributed by atoms with Gasteiger partial charge in [0.15, 0.2) is 0 Å². The molecule has 1 saturated heterocycles. The third-order valence-corrected chi connectivity index (χ3v) is 5.39. The van der Waals surface area contributed by atoms with E-state index in [0.717, 1.165) is 49.2 Å². The standard InChI is InChI=1S/C19H22FN3O/c1-13-10-17(22-21-13)14-4-3-9-23(12-14)18(24)19(7-8-19)15-5-2-6-16(20)11-15/h2,5-6,10-11,14H,3-4,7-9,12H2,1H3,(H,21,22). The Bertz CT molecular complexity index is 765. The molecule has 1 aliphatic heterocycles. The summed E-state index contributed by atoms with van der Waals surface area (Å²) in [7, 11) is 0. The zero-order chi connectivity index (χ0) is 16.7. The van der Waals surface area contributed by atoms with Gasteiger partial charge in [0, 0.05) is 24.7 Å². The summed E-state index contributed by atoms with van der Waals surface area (Å²) in [5.74, 6) is 0.177. The number of amides is 1. The van der Waals surface area contributed by atoms with Gasteiger partial charge in [0.2, 0.25) is 5.91 Å². The first kappa shape index (κ1) is 15.4. The third kappa shape index (κ3) is 2.62. The van der Waals surface area contributed by atoms with Gasteiger partial charge in [-0.2, -0.15) is 5.10 Å². The summed E-state index contributed by atoms with van der Waals surface area (Å²) >= 11 is 0. The van der Waals surface area contributed by atoms with Crippen molar-refractivity contribution in [1.82, 2.24) is 15.1 Å². The van der Waals surface area contributed by atoms with Crippen molar-refractivity contribution in [3.63, 3.8) is 0 Å². The fourth-order valence-electron chi connectivity index (χ4n) is 3.89. The quantitative estimate of drug-likeness (QED) is 0.940. The molecule has 0 bridgehead atoms. The highest BCUT2D eigenvalue weighted by Gasteiger charge is 2.53. The number of carbonyl (C=O) groups is 1. The van der Waals surface area contributed by atoms with Crippen LogP contribution < -0.4 is 0 Å². The van der Waals surface area contributed by atoms with Crippen molar-refractivity contribution < 1.29 is 9.18 Å². The summed E-state index contributed by atoms with van der Waals surface area (Å²) in [6, 6.07) is 8.60. The molecule has 1 aromatic carbocycles. The summed E-state index contributed by atoms with van der Waals surface area (Å²) in [5, 5.41) is 7.36. The first-order chi connectivity index (χ1) is 11.6. The third-order valence-electron chi connectivity index (χ3n) is 5.39. The maximum atomic E-state index is 13.6. The summed E-state index contributed by atoms with van der Waals surface area (Å²) in [6.07, 6.45) is 3.68. The number of nitrogens with zero attached hydrogens (tertiary/aromatic N) is 2. The molecule has 2 aliphatic rings. The predicted molar refractivity (Wildman–Crippen MR) is 89.2 cm³/mol. The van der Waals surface area contributed by atoms with Crippen LogP contribution in [0, 0.1) is 12.7 Å². The van der Waals surface area contributed by atoms with E-state index < -0.39 is 5.41 Å². The van der Waals surface area contributed by atoms with Gasteiger partial charge in [-0.05, 0) is 56.4 Å². The normalized spacial score (nSPS) is 22.4. The van der Waals surface area contributed by atoms with Crippen LogP contribution in [0.25, 0.3) is 0 Å². The Labute approximate surface area is 141 Å². The summed E-state index contributed by atoms with van der Waals surface area (Å²) in [6.45, 7) is 3.49. The molecule has 1 amide bonds. The molecule has 1 aromatic heterocycles. The van der Waals surface area contributed by atoms with E-state index in [9.17, 15) is 9.18 Å². The lowest BCUT2D eigenvalue weighted by Crippen LogP contribution is -2.44. The molecule has 0 radical (unpaired) electrons. The molecule has 2 fully saturated rings. The lowest BCUT2D eigenvalue weighted by atomic mass is 9.90. The number of rotatable bonds is 3. The highest BCUT2D eigenvalue weighted by Crippen LogP contribution is 2.50. The van der Waals surface area contributed by atoms with E-state index in [0.29, 0.717) is 6.54 Å². The predicted octanol–water partition coefficient (Wildman–Crippen LogP) is 3.30. The monoisotopic (exact) mass is 327 g/mol. The minimum absolute atomic E-state index is 0.157. The molecule has 4 nitrogen and oxygen atoms in total. The molecule has 5 heteroatoms. The van der Waals surface area contributed by atoms with Crippen LogP contribution in [-0.2, 0) is 10.2 Å². The highest BCUT2D eigenvalue weighted by atomic mass is 19.1. The van der Waals surface area contributed by atoms with Crippen LogP contribution in [0.1, 0.15) is 48.6 Å². The minimum Gasteiger partial charge on any atom is -0.341 e. The molecular formula is C19H22FN3O. The van der Waals surface area contributed by atoms with Gasteiger partial charge in [-0.1, -0.05) is 12.1 Å². The SMILES string of the molecule is Cc1cc(C2CCCN(C(=O)C3(c4cccc(F)c4)CC3)C2)n[nH]1. The Morgan fingerprint density at radius 1 is 1.38 bits per heavy atom. The number of nitrogens with one attached hydrogen (secondary N) is 1. The molecule has 1 N–H and O–H groups in total. The summed E-state index contributed by atoms with van der Waals surface area (Å²) < 4.78 is 13.6. The van der Waals surface area contributed by atoms with Gasteiger partial charge in [0.05, 0.1) is 11.1 Å². The largest absolute Gasteiger partial charge is 0.341 e. The molecule has 4 rings (SSSR count). The molecule has 24 heavy (non-hydrogen) atoms. The number of carbonyl (C=O) groups excluding carboxylic acids is 1. The zero-order valence-corrected chi connectivity index (χ0v) is 13.9. The van der Waals surface area contributed by atoms with E-state index in [1.54, 1.807) is 6.07 Å². The van der Waals surface area contributed by atoms with Gasteiger partial charge in [0.25, 0.3) is 0 Å². The molecule has 1 saturated carbocycles. The van der Waals surface area contributed by atoms with Crippen molar-refractivity contribution in [2.75, 3.05) is 13.1 Å². The van der Waals surface area contributed by atoms with Crippen molar-refractivity contribution in [2.24, 2.45) is 0 Å². The fraction of sp³-hybridized carbons (Fsp3) is 0.474. The van der Waals surface area contributed by atoms with Gasteiger partial charge in [-0.25, -0.2) is 4.39 Å². The van der Waals surface area contributed by atoms with Crippen molar-refractivity contribution >= 4 is 5.91 Å². The topological polar surface area (TPSA) is 49.0 Å². The van der Waals surface area contributed by atoms with Crippen molar-refractivity contribution in [3.8, 4) is 0 Å². The van der Waals surface area contributed by atoms with Gasteiger partial charge in [-0.15, -0.1) is 0 Å². The number of halogens is 1. The summed E-state index contributed by atoms with van der Waals surface area (Å²) in [5.41, 5.74) is 2.42. The van der Waals surface area contributed by atoms with Crippen molar-refractivity contribution in [2.45, 2.75) is 43.9 Å². The lowest BCUT2D eigenvalue weighted by Gasteiger charge is -2.34. The smallest absolute Gasteiger partial charge is 0.233 e. The van der Waals surface area contributed by atoms with E-state index in [1.165, 1.54) is 12.1 Å². The van der Waals surface area contributed by atoms with Crippen LogP contribution in [0.2, 0.25) is 0 Å². The van der Waals surface area contributed by atoms with E-state index in [-0.39, 0.29) is 17.6 Å². The molecule has 126 valence electrons. The number of H-pyrrole nitrogens is 1. The number of hydrogen-bond acceptors (Lipinski definition) is 2. The zero-order valence-electron chi connectivity index (χ0n) is 13.9. The number of benzene rings is 1. The Hall–Kier alpha value is -2.17. The Balaban J connectivity index is 1.54. The van der Waals surface area contributed by atoms with Crippen molar-refractivity contribution in [1.29, 1.82) is 0 Å². The number of aryl methyl sites for hydroxylation is 1. The van der Waals surface area contributed by atoms with Crippen LogP contribution in [0.4, 0.5) is 4.39 Å². The average molecular weight is 327 g/mol. The minimum atomic E-state index is -0.495. The second kappa shape index (κ2) is 5.72. The van der Waals surface area contributed by atoms with Gasteiger partial charge in [-0.3, -0.25) is 9.89 Å². The highest BCUT2D eigenvalue weighted by molar-refractivity contribution is 5.91. The lowest BCUT2D eigenvalue weighted by molar-refractivity contribution is -0.135. The fourth-order valence-corrected chi connectivity index (χ4v) is 3.89. The molecule has 1 unspecified atom stereocenters. The number of aromatic amines is 1. The maximum Gasteiger partial charge on any atom is 0.233 e. The second-order valence-corrected chi connectivity index (χ2v) is 7.16. The average Bonchev–Trinajstić information content (AvgIpc) is 3.30. The van der Waals surface area contributed by atoms with Crippen LogP contribution in [-0.4, -0.2) is 34.1 Å². The van der Waals surface area contributed by atoms with E-state index in [2.05, 4.69) is 16.3 Å². The molecule has 1 atom stereocenters. The number of aromatic nitrogens is 2. The van der Waals surface area contributed by atoms with E-state index >= 15 is 0 Å². The Morgan fingerprint density at radius 2 is 2.21 bits per heavy atom. The van der Waals surface area contributed by atoms with Gasteiger partial charge < -0.3 is 4.90 Å². The van der Waals surface area contributed by atoms with Gasteiger partial charge >= 0.3 is 0 Å². The van der Waals surface area contributed by atoms with Crippen molar-refractivity contribution in [3.05, 3.63) is 53.1 Å². The molecule has 1 aliphatic carbocycles. The molecular weight excluding hydrogens is 305 g/mol. The molecule has 2 heterocycles. The number of piperidine rings is 1. The maximum absolute atomic E-state index is 13.6. The second-order valence-electron chi connectivity index (χ2n) is 7.16. The first-order valence-electron chi connectivity index (χ1n) is 8.66. The van der Waals surface area contributed by atoms with Crippen LogP contribution in [0.15, 0.2) is 30.3 Å². The van der Waals surface area contributed by atoms with Crippen LogP contribution in [0.3, 0.4) is 0 Å². The molecule has 0 spiro atoms. The number of hydrogen-bond donors (Lipinski definition) is 1. The Morgan fingerprint density at radius 3 is 2.88 bits per heavy atom. The number of likely N-dealkylation sites (tertiary alicyclic amines) is 1. The summed E-state index contributed by atoms with van der Waals surface area (Å²) in [4.78, 5) is 15.1. The van der Waals surface area contributed by atoms with Gasteiger partial charge in [0.1, 0.15) is 5.82 Å². The van der Waals surface area contributed by atoms with Crippen LogP contribution in [0.5, 0.6) is 0 Å². The first-order valence-corrected chi connectivity index (χ1v) is 8.66. The van der Waals surface area contributed by atoms with E-state index in [4.69, 9.17) is 0 Å². The molecule has 2 aromatic rings.